The summed E-state index contributed by atoms with van der Waals surface area (Å²) in [6.45, 7) is 1.97. The number of thioether (sulfide) groups is 1. The fraction of sp³-hybridized carbons (Fsp3) is 0.750. The lowest BCUT2D eigenvalue weighted by molar-refractivity contribution is -0.119. The van der Waals surface area contributed by atoms with E-state index < -0.39 is 18.0 Å². The second-order valence-electron chi connectivity index (χ2n) is 2.60. The molecule has 0 heterocycles. The van der Waals surface area contributed by atoms with Gasteiger partial charge in [-0.1, -0.05) is 0 Å². The number of alkyl carbamates (subject to hydrolysis) is 1. The Bertz CT molecular complexity index is 199. The van der Waals surface area contributed by atoms with Crippen LogP contribution in [0.5, 0.6) is 0 Å². The van der Waals surface area contributed by atoms with Crippen molar-refractivity contribution in [3.05, 3.63) is 0 Å². The van der Waals surface area contributed by atoms with Gasteiger partial charge >= 0.3 is 6.09 Å². The minimum atomic E-state index is -0.638. The van der Waals surface area contributed by atoms with Gasteiger partial charge in [-0.25, -0.2) is 4.79 Å². The van der Waals surface area contributed by atoms with Gasteiger partial charge in [0.25, 0.3) is 0 Å². The summed E-state index contributed by atoms with van der Waals surface area (Å²) in [6.07, 6.45) is 1.84. The van der Waals surface area contributed by atoms with Crippen molar-refractivity contribution in [1.82, 2.24) is 5.32 Å². The van der Waals surface area contributed by atoms with E-state index in [1.807, 2.05) is 6.26 Å². The van der Waals surface area contributed by atoms with Gasteiger partial charge in [0, 0.05) is 0 Å². The first kappa shape index (κ1) is 13.1. The first-order valence-electron chi connectivity index (χ1n) is 4.33. The van der Waals surface area contributed by atoms with Gasteiger partial charge < -0.3 is 15.8 Å². The number of ether oxygens (including phenoxy) is 1. The van der Waals surface area contributed by atoms with Gasteiger partial charge in [0.2, 0.25) is 5.91 Å². The van der Waals surface area contributed by atoms with E-state index in [4.69, 9.17) is 5.73 Å². The summed E-state index contributed by atoms with van der Waals surface area (Å²) in [5.41, 5.74) is 5.10. The average molecular weight is 220 g/mol. The predicted octanol–water partition coefficient (Wildman–Crippen LogP) is 0.340. The SMILES string of the molecule is CCOC(=O)N[C@@H](CCSC)C(N)=O. The third-order valence-corrected chi connectivity index (χ3v) is 2.17. The van der Waals surface area contributed by atoms with Crippen molar-refractivity contribution < 1.29 is 14.3 Å². The molecule has 3 N–H and O–H groups in total. The van der Waals surface area contributed by atoms with Crippen molar-refractivity contribution in [2.24, 2.45) is 5.73 Å². The van der Waals surface area contributed by atoms with Crippen molar-refractivity contribution in [2.75, 3.05) is 18.6 Å². The largest absolute Gasteiger partial charge is 0.450 e. The van der Waals surface area contributed by atoms with Gasteiger partial charge in [-0.05, 0) is 25.4 Å². The van der Waals surface area contributed by atoms with E-state index in [0.29, 0.717) is 6.42 Å². The summed E-state index contributed by atoms with van der Waals surface area (Å²) in [5.74, 6) is 0.229. The molecule has 0 aromatic rings. The van der Waals surface area contributed by atoms with Crippen LogP contribution in [0.3, 0.4) is 0 Å². The van der Waals surface area contributed by atoms with Crippen molar-refractivity contribution in [3.8, 4) is 0 Å². The summed E-state index contributed by atoms with van der Waals surface area (Å²) >= 11 is 1.59. The zero-order chi connectivity index (χ0) is 11.0. The molecule has 0 aliphatic rings. The van der Waals surface area contributed by atoms with Crippen LogP contribution in [0.15, 0.2) is 0 Å². The van der Waals surface area contributed by atoms with Crippen molar-refractivity contribution >= 4 is 23.8 Å². The van der Waals surface area contributed by atoms with Crippen LogP contribution in [-0.4, -0.2) is 36.7 Å². The molecule has 0 radical (unpaired) electrons. The molecule has 0 saturated carbocycles. The van der Waals surface area contributed by atoms with Gasteiger partial charge in [-0.3, -0.25) is 4.79 Å². The molecule has 0 aliphatic heterocycles. The minimum Gasteiger partial charge on any atom is -0.450 e. The summed E-state index contributed by atoms with van der Waals surface area (Å²) in [6, 6.07) is -0.638. The molecule has 0 aromatic heterocycles. The zero-order valence-electron chi connectivity index (χ0n) is 8.41. The molecule has 1 atom stereocenters. The van der Waals surface area contributed by atoms with Crippen LogP contribution in [0.2, 0.25) is 0 Å². The maximum atomic E-state index is 11.0. The third kappa shape index (κ3) is 5.69. The van der Waals surface area contributed by atoms with Crippen LogP contribution < -0.4 is 11.1 Å². The topological polar surface area (TPSA) is 81.4 Å². The second kappa shape index (κ2) is 7.49. The number of hydrogen-bond acceptors (Lipinski definition) is 4. The summed E-state index contributed by atoms with van der Waals surface area (Å²) < 4.78 is 4.64. The van der Waals surface area contributed by atoms with E-state index in [0.717, 1.165) is 5.75 Å². The molecule has 2 amide bonds. The number of hydrogen-bond donors (Lipinski definition) is 2. The Morgan fingerprint density at radius 3 is 2.64 bits per heavy atom. The normalized spacial score (nSPS) is 11.9. The maximum absolute atomic E-state index is 11.0. The van der Waals surface area contributed by atoms with Gasteiger partial charge in [0.1, 0.15) is 6.04 Å². The van der Waals surface area contributed by atoms with E-state index in [2.05, 4.69) is 10.1 Å². The van der Waals surface area contributed by atoms with E-state index in [9.17, 15) is 9.59 Å². The predicted molar refractivity (Wildman–Crippen MR) is 56.1 cm³/mol. The lowest BCUT2D eigenvalue weighted by atomic mass is 10.2. The molecule has 0 rings (SSSR count). The van der Waals surface area contributed by atoms with Crippen molar-refractivity contribution in [3.63, 3.8) is 0 Å². The lowest BCUT2D eigenvalue weighted by Crippen LogP contribution is -2.45. The van der Waals surface area contributed by atoms with Crippen LogP contribution in [0.25, 0.3) is 0 Å². The smallest absolute Gasteiger partial charge is 0.407 e. The Kier molecular flexibility index (Phi) is 7.00. The van der Waals surface area contributed by atoms with Gasteiger partial charge in [0.15, 0.2) is 0 Å². The van der Waals surface area contributed by atoms with Crippen LogP contribution >= 0.6 is 11.8 Å². The molecular formula is C8H16N2O3S. The molecule has 6 heteroatoms. The third-order valence-electron chi connectivity index (χ3n) is 1.52. The van der Waals surface area contributed by atoms with Gasteiger partial charge in [0.05, 0.1) is 6.61 Å². The quantitative estimate of drug-likeness (QED) is 0.676. The Morgan fingerprint density at radius 1 is 1.57 bits per heavy atom. The molecule has 0 bridgehead atoms. The van der Waals surface area contributed by atoms with E-state index in [1.165, 1.54) is 0 Å². The molecule has 0 aliphatic carbocycles. The molecule has 0 spiro atoms. The molecule has 0 fully saturated rings. The first-order chi connectivity index (χ1) is 6.61. The highest BCUT2D eigenvalue weighted by molar-refractivity contribution is 7.98. The molecule has 0 aromatic carbocycles. The van der Waals surface area contributed by atoms with Crippen molar-refractivity contribution in [2.45, 2.75) is 19.4 Å². The van der Waals surface area contributed by atoms with Crippen LogP contribution in [0.4, 0.5) is 4.79 Å². The second-order valence-corrected chi connectivity index (χ2v) is 3.59. The summed E-state index contributed by atoms with van der Waals surface area (Å²) in [5, 5.41) is 2.40. The number of nitrogens with one attached hydrogen (secondary N) is 1. The Balaban J connectivity index is 3.95. The lowest BCUT2D eigenvalue weighted by Gasteiger charge is -2.14. The number of nitrogens with two attached hydrogens (primary N) is 1. The van der Waals surface area contributed by atoms with E-state index in [-0.39, 0.29) is 6.61 Å². The highest BCUT2D eigenvalue weighted by Crippen LogP contribution is 2.00. The summed E-state index contributed by atoms with van der Waals surface area (Å²) in [4.78, 5) is 21.9. The van der Waals surface area contributed by atoms with Crippen molar-refractivity contribution in [1.29, 1.82) is 0 Å². The van der Waals surface area contributed by atoms with Crippen LogP contribution in [-0.2, 0) is 9.53 Å². The van der Waals surface area contributed by atoms with E-state index >= 15 is 0 Å². The Morgan fingerprint density at radius 2 is 2.21 bits per heavy atom. The number of rotatable bonds is 6. The highest BCUT2D eigenvalue weighted by atomic mass is 32.2. The molecule has 0 unspecified atom stereocenters. The molecule has 5 nitrogen and oxygen atoms in total. The number of carbonyl (C=O) groups is 2. The fourth-order valence-corrected chi connectivity index (χ4v) is 1.31. The molecule has 0 saturated heterocycles. The zero-order valence-corrected chi connectivity index (χ0v) is 9.23. The molecule has 82 valence electrons. The monoisotopic (exact) mass is 220 g/mol. The fourth-order valence-electron chi connectivity index (χ4n) is 0.836. The number of amides is 2. The highest BCUT2D eigenvalue weighted by Gasteiger charge is 2.17. The Labute approximate surface area is 87.7 Å². The maximum Gasteiger partial charge on any atom is 0.407 e. The number of carbonyl (C=O) groups excluding carboxylic acids is 2. The molecular weight excluding hydrogens is 204 g/mol. The standard InChI is InChI=1S/C8H16N2O3S/c1-3-13-8(12)10-6(7(9)11)4-5-14-2/h6H,3-5H2,1-2H3,(H2,9,11)(H,10,12)/t6-/m0/s1. The van der Waals surface area contributed by atoms with Gasteiger partial charge in [-0.2, -0.15) is 11.8 Å². The molecule has 14 heavy (non-hydrogen) atoms. The van der Waals surface area contributed by atoms with Gasteiger partial charge in [-0.15, -0.1) is 0 Å². The minimum absolute atomic E-state index is 0.278. The average Bonchev–Trinajstić information content (AvgIpc) is 2.12. The van der Waals surface area contributed by atoms with E-state index in [1.54, 1.807) is 18.7 Å². The van der Waals surface area contributed by atoms with Crippen LogP contribution in [0, 0.1) is 0 Å². The summed E-state index contributed by atoms with van der Waals surface area (Å²) in [7, 11) is 0. The first-order valence-corrected chi connectivity index (χ1v) is 5.72. The number of primary amides is 1. The Hall–Kier alpha value is -0.910. The van der Waals surface area contributed by atoms with Crippen LogP contribution in [0.1, 0.15) is 13.3 Å².